The zero-order valence-electron chi connectivity index (χ0n) is 10.9. The number of halogens is 1. The van der Waals surface area contributed by atoms with Crippen molar-refractivity contribution >= 4 is 23.1 Å². The summed E-state index contributed by atoms with van der Waals surface area (Å²) in [5, 5.41) is 3.93. The highest BCUT2D eigenvalue weighted by atomic mass is 19.1. The van der Waals surface area contributed by atoms with E-state index in [1.54, 1.807) is 24.3 Å². The van der Waals surface area contributed by atoms with Crippen molar-refractivity contribution in [2.75, 3.05) is 5.43 Å². The summed E-state index contributed by atoms with van der Waals surface area (Å²) < 4.78 is 12.8. The monoisotopic (exact) mass is 282 g/mol. The van der Waals surface area contributed by atoms with Gasteiger partial charge in [-0.25, -0.2) is 9.37 Å². The molecule has 0 aliphatic carbocycles. The number of para-hydroxylation sites is 2. The number of nitrogens with zero attached hydrogens (tertiary/aromatic N) is 2. The predicted octanol–water partition coefficient (Wildman–Crippen LogP) is 2.51. The summed E-state index contributed by atoms with van der Waals surface area (Å²) in [6.45, 7) is 0. The van der Waals surface area contributed by atoms with E-state index in [4.69, 9.17) is 0 Å². The minimum Gasteiger partial charge on any atom is -0.317 e. The molecule has 0 spiro atoms. The molecule has 3 aromatic rings. The van der Waals surface area contributed by atoms with Crippen molar-refractivity contribution in [2.45, 2.75) is 0 Å². The maximum atomic E-state index is 12.8. The Balaban J connectivity index is 1.83. The van der Waals surface area contributed by atoms with Crippen LogP contribution in [0.2, 0.25) is 0 Å². The summed E-state index contributed by atoms with van der Waals surface area (Å²) in [6.07, 6.45) is 1.48. The molecule has 1 aromatic heterocycles. The van der Waals surface area contributed by atoms with Gasteiger partial charge in [0.05, 0.1) is 17.2 Å². The van der Waals surface area contributed by atoms with Crippen molar-refractivity contribution in [1.29, 1.82) is 0 Å². The lowest BCUT2D eigenvalue weighted by Crippen LogP contribution is -2.13. The Morgan fingerprint density at radius 2 is 1.90 bits per heavy atom. The molecular formula is C15H11FN4O. The molecule has 0 atom stereocenters. The first-order valence-corrected chi connectivity index (χ1v) is 6.26. The fourth-order valence-corrected chi connectivity index (χ4v) is 1.82. The Labute approximate surface area is 119 Å². The second-order valence-electron chi connectivity index (χ2n) is 4.35. The van der Waals surface area contributed by atoms with Gasteiger partial charge in [-0.3, -0.25) is 10.2 Å². The van der Waals surface area contributed by atoms with Gasteiger partial charge < -0.3 is 4.98 Å². The van der Waals surface area contributed by atoms with Crippen LogP contribution in [-0.4, -0.2) is 16.2 Å². The molecule has 0 radical (unpaired) electrons. The lowest BCUT2D eigenvalue weighted by molar-refractivity contribution is 0.628. The highest BCUT2D eigenvalue weighted by Crippen LogP contribution is 2.08. The molecule has 0 amide bonds. The van der Waals surface area contributed by atoms with Crippen molar-refractivity contribution in [3.63, 3.8) is 0 Å². The zero-order valence-corrected chi connectivity index (χ0v) is 10.9. The number of benzene rings is 2. The van der Waals surface area contributed by atoms with E-state index in [0.717, 1.165) is 0 Å². The Bertz CT molecular complexity index is 855. The second-order valence-corrected chi connectivity index (χ2v) is 4.35. The second kappa shape index (κ2) is 5.54. The SMILES string of the molecule is O=c1[nH]c2ccccc2nc1N/N=C/c1ccc(F)cc1. The number of hydrogen-bond donors (Lipinski definition) is 2. The van der Waals surface area contributed by atoms with Crippen LogP contribution < -0.4 is 11.0 Å². The van der Waals surface area contributed by atoms with E-state index in [9.17, 15) is 9.18 Å². The summed E-state index contributed by atoms with van der Waals surface area (Å²) in [5.41, 5.74) is 4.27. The third-order valence-corrected chi connectivity index (χ3v) is 2.85. The molecule has 0 unspecified atom stereocenters. The molecule has 5 nitrogen and oxygen atoms in total. The molecule has 3 rings (SSSR count). The van der Waals surface area contributed by atoms with Crippen LogP contribution >= 0.6 is 0 Å². The van der Waals surface area contributed by atoms with Gasteiger partial charge in [-0.2, -0.15) is 5.10 Å². The topological polar surface area (TPSA) is 70.1 Å². The van der Waals surface area contributed by atoms with Crippen LogP contribution in [0.5, 0.6) is 0 Å². The number of hydrazone groups is 1. The van der Waals surface area contributed by atoms with Gasteiger partial charge in [-0.15, -0.1) is 0 Å². The average Bonchev–Trinajstić information content (AvgIpc) is 2.50. The average molecular weight is 282 g/mol. The molecule has 6 heteroatoms. The lowest BCUT2D eigenvalue weighted by Gasteiger charge is -2.01. The van der Waals surface area contributed by atoms with E-state index in [1.165, 1.54) is 18.3 Å². The maximum Gasteiger partial charge on any atom is 0.293 e. The summed E-state index contributed by atoms with van der Waals surface area (Å²) in [5.74, 6) is -0.209. The number of aromatic amines is 1. The standard InChI is InChI=1S/C15H11FN4O/c16-11-7-5-10(6-8-11)9-17-20-14-15(21)19-13-4-2-1-3-12(13)18-14/h1-9H,(H,18,20)(H,19,21)/b17-9+. The third-order valence-electron chi connectivity index (χ3n) is 2.85. The fraction of sp³-hybridized carbons (Fsp3) is 0. The van der Waals surface area contributed by atoms with Gasteiger partial charge in [0.2, 0.25) is 5.82 Å². The number of H-pyrrole nitrogens is 1. The largest absolute Gasteiger partial charge is 0.317 e. The molecule has 0 bridgehead atoms. The van der Waals surface area contributed by atoms with Gasteiger partial charge >= 0.3 is 0 Å². The van der Waals surface area contributed by atoms with E-state index in [0.29, 0.717) is 16.6 Å². The quantitative estimate of drug-likeness (QED) is 0.573. The molecule has 1 heterocycles. The minimum atomic E-state index is -0.357. The molecule has 0 aliphatic heterocycles. The van der Waals surface area contributed by atoms with Crippen LogP contribution in [-0.2, 0) is 0 Å². The van der Waals surface area contributed by atoms with Crippen LogP contribution in [0.4, 0.5) is 10.2 Å². The normalized spacial score (nSPS) is 11.1. The molecule has 2 N–H and O–H groups in total. The Morgan fingerprint density at radius 3 is 2.71 bits per heavy atom. The molecule has 0 aliphatic rings. The number of aromatic nitrogens is 2. The first-order valence-electron chi connectivity index (χ1n) is 6.26. The Kier molecular flexibility index (Phi) is 3.42. The highest BCUT2D eigenvalue weighted by Gasteiger charge is 2.02. The van der Waals surface area contributed by atoms with Crippen LogP contribution in [0.25, 0.3) is 11.0 Å². The van der Waals surface area contributed by atoms with Crippen molar-refractivity contribution in [3.8, 4) is 0 Å². The summed E-state index contributed by atoms with van der Waals surface area (Å²) in [6, 6.07) is 13.1. The number of hydrogen-bond acceptors (Lipinski definition) is 4. The number of anilines is 1. The van der Waals surface area contributed by atoms with Crippen molar-refractivity contribution in [2.24, 2.45) is 5.10 Å². The minimum absolute atomic E-state index is 0.104. The summed E-state index contributed by atoms with van der Waals surface area (Å²) in [4.78, 5) is 18.7. The summed E-state index contributed by atoms with van der Waals surface area (Å²) >= 11 is 0. The number of rotatable bonds is 3. The van der Waals surface area contributed by atoms with Crippen molar-refractivity contribution in [1.82, 2.24) is 9.97 Å². The smallest absolute Gasteiger partial charge is 0.293 e. The Hall–Kier alpha value is -3.02. The zero-order chi connectivity index (χ0) is 14.7. The fourth-order valence-electron chi connectivity index (χ4n) is 1.82. The molecule has 104 valence electrons. The van der Waals surface area contributed by atoms with E-state index >= 15 is 0 Å². The van der Waals surface area contributed by atoms with Crippen molar-refractivity contribution in [3.05, 3.63) is 70.3 Å². The van der Waals surface area contributed by atoms with Crippen LogP contribution in [0, 0.1) is 5.82 Å². The first-order chi connectivity index (χ1) is 10.2. The van der Waals surface area contributed by atoms with Crippen LogP contribution in [0.3, 0.4) is 0 Å². The van der Waals surface area contributed by atoms with Crippen molar-refractivity contribution < 1.29 is 4.39 Å². The predicted molar refractivity (Wildman–Crippen MR) is 80.0 cm³/mol. The molecule has 0 saturated heterocycles. The van der Waals surface area contributed by atoms with Gasteiger partial charge in [0.1, 0.15) is 5.82 Å². The van der Waals surface area contributed by atoms with E-state index < -0.39 is 0 Å². The van der Waals surface area contributed by atoms with Gasteiger partial charge in [0.15, 0.2) is 0 Å². The Morgan fingerprint density at radius 1 is 1.14 bits per heavy atom. The lowest BCUT2D eigenvalue weighted by atomic mass is 10.2. The number of nitrogens with one attached hydrogen (secondary N) is 2. The highest BCUT2D eigenvalue weighted by molar-refractivity contribution is 5.80. The molecule has 0 fully saturated rings. The van der Waals surface area contributed by atoms with Gasteiger partial charge in [0, 0.05) is 0 Å². The van der Waals surface area contributed by atoms with Crippen LogP contribution in [0.1, 0.15) is 5.56 Å². The van der Waals surface area contributed by atoms with Gasteiger partial charge in [0.25, 0.3) is 5.56 Å². The maximum absolute atomic E-state index is 12.8. The number of fused-ring (bicyclic) bond motifs is 1. The van der Waals surface area contributed by atoms with E-state index in [-0.39, 0.29) is 17.2 Å². The molecule has 2 aromatic carbocycles. The van der Waals surface area contributed by atoms with E-state index in [2.05, 4.69) is 20.5 Å². The van der Waals surface area contributed by atoms with Gasteiger partial charge in [-0.05, 0) is 29.8 Å². The third kappa shape index (κ3) is 2.94. The summed E-state index contributed by atoms with van der Waals surface area (Å²) in [7, 11) is 0. The van der Waals surface area contributed by atoms with E-state index in [1.807, 2.05) is 12.1 Å². The van der Waals surface area contributed by atoms with Crippen LogP contribution in [0.15, 0.2) is 58.4 Å². The van der Waals surface area contributed by atoms with Gasteiger partial charge in [-0.1, -0.05) is 24.3 Å². The molecular weight excluding hydrogens is 271 g/mol. The molecule has 21 heavy (non-hydrogen) atoms. The molecule has 0 saturated carbocycles. The first kappa shape index (κ1) is 13.0.